The van der Waals surface area contributed by atoms with Crippen LogP contribution in [0.3, 0.4) is 0 Å². The van der Waals surface area contributed by atoms with Gasteiger partial charge in [-0.15, -0.1) is 0 Å². The van der Waals surface area contributed by atoms with Crippen molar-refractivity contribution in [1.29, 1.82) is 0 Å². The maximum absolute atomic E-state index is 13.0. The maximum Gasteiger partial charge on any atom is 0.259 e. The van der Waals surface area contributed by atoms with Gasteiger partial charge in [-0.1, -0.05) is 15.9 Å². The highest BCUT2D eigenvalue weighted by atomic mass is 79.9. The molecule has 7 heteroatoms. The third-order valence-electron chi connectivity index (χ3n) is 4.49. The van der Waals surface area contributed by atoms with E-state index in [2.05, 4.69) is 26.1 Å². The summed E-state index contributed by atoms with van der Waals surface area (Å²) >= 11 is 3.45. The van der Waals surface area contributed by atoms with Crippen LogP contribution in [0.2, 0.25) is 0 Å². The molecule has 1 saturated heterocycles. The highest BCUT2D eigenvalue weighted by Gasteiger charge is 2.20. The first-order valence-electron chi connectivity index (χ1n) is 8.69. The highest BCUT2D eigenvalue weighted by Crippen LogP contribution is 2.33. The molecule has 0 atom stereocenters. The van der Waals surface area contributed by atoms with E-state index in [1.54, 1.807) is 20.3 Å². The van der Waals surface area contributed by atoms with E-state index in [1.165, 1.54) is 0 Å². The number of methoxy groups -OCH3 is 2. The van der Waals surface area contributed by atoms with Crippen LogP contribution in [0.1, 0.15) is 15.9 Å². The summed E-state index contributed by atoms with van der Waals surface area (Å²) in [7, 11) is 3.17. The van der Waals surface area contributed by atoms with E-state index >= 15 is 0 Å². The fourth-order valence-electron chi connectivity index (χ4n) is 3.18. The first-order chi connectivity index (χ1) is 13.0. The predicted octanol–water partition coefficient (Wildman–Crippen LogP) is 3.86. The summed E-state index contributed by atoms with van der Waals surface area (Å²) < 4.78 is 17.1. The molecule has 144 valence electrons. The van der Waals surface area contributed by atoms with Crippen LogP contribution in [0.4, 0.5) is 11.4 Å². The van der Waals surface area contributed by atoms with Crippen molar-refractivity contribution in [3.63, 3.8) is 0 Å². The summed E-state index contributed by atoms with van der Waals surface area (Å²) in [6.07, 6.45) is 0. The molecule has 3 rings (SSSR count). The van der Waals surface area contributed by atoms with Crippen LogP contribution in [-0.4, -0.2) is 46.4 Å². The van der Waals surface area contributed by atoms with Crippen molar-refractivity contribution >= 4 is 33.2 Å². The first kappa shape index (κ1) is 19.5. The Kier molecular flexibility index (Phi) is 6.23. The molecule has 1 aliphatic rings. The second kappa shape index (κ2) is 8.63. The van der Waals surface area contributed by atoms with Gasteiger partial charge in [-0.25, -0.2) is 0 Å². The maximum atomic E-state index is 13.0. The molecule has 1 fully saturated rings. The van der Waals surface area contributed by atoms with Crippen molar-refractivity contribution in [2.75, 3.05) is 50.7 Å². The normalized spacial score (nSPS) is 14.0. The van der Waals surface area contributed by atoms with Gasteiger partial charge in [-0.2, -0.15) is 0 Å². The van der Waals surface area contributed by atoms with Crippen molar-refractivity contribution in [2.45, 2.75) is 6.92 Å². The van der Waals surface area contributed by atoms with E-state index < -0.39 is 0 Å². The minimum atomic E-state index is -0.237. The van der Waals surface area contributed by atoms with Gasteiger partial charge in [0.15, 0.2) is 0 Å². The Bertz CT molecular complexity index is 835. The summed E-state index contributed by atoms with van der Waals surface area (Å²) in [5.74, 6) is 1.00. The number of morpholine rings is 1. The van der Waals surface area contributed by atoms with Crippen LogP contribution in [-0.2, 0) is 4.74 Å². The molecule has 0 spiro atoms. The van der Waals surface area contributed by atoms with Crippen molar-refractivity contribution in [3.05, 3.63) is 45.9 Å². The number of rotatable bonds is 5. The zero-order chi connectivity index (χ0) is 19.4. The summed E-state index contributed by atoms with van der Waals surface area (Å²) in [4.78, 5) is 15.2. The lowest BCUT2D eigenvalue weighted by Crippen LogP contribution is -2.36. The second-order valence-corrected chi connectivity index (χ2v) is 7.16. The lowest BCUT2D eigenvalue weighted by molar-refractivity contribution is 0.102. The minimum Gasteiger partial charge on any atom is -0.497 e. The number of ether oxygens (including phenoxy) is 3. The Balaban J connectivity index is 1.95. The fraction of sp³-hybridized carbons (Fsp3) is 0.350. The Morgan fingerprint density at radius 2 is 1.89 bits per heavy atom. The lowest BCUT2D eigenvalue weighted by atomic mass is 10.1. The summed E-state index contributed by atoms with van der Waals surface area (Å²) in [5, 5.41) is 3.03. The van der Waals surface area contributed by atoms with Crippen LogP contribution in [0.5, 0.6) is 11.5 Å². The van der Waals surface area contributed by atoms with Crippen LogP contribution in [0.25, 0.3) is 0 Å². The molecule has 0 radical (unpaired) electrons. The molecular weight excluding hydrogens is 412 g/mol. The SMILES string of the molecule is COc1ccc(N2CCOCC2)c(NC(=O)c2cc(Br)cc(C)c2OC)c1. The average Bonchev–Trinajstić information content (AvgIpc) is 2.68. The standard InChI is InChI=1S/C20H23BrN2O4/c1-13-10-14(21)11-16(19(13)26-3)20(24)22-17-12-15(25-2)4-5-18(17)23-6-8-27-9-7-23/h4-5,10-12H,6-9H2,1-3H3,(H,22,24). The number of nitrogens with zero attached hydrogens (tertiary/aromatic N) is 1. The number of nitrogens with one attached hydrogen (secondary N) is 1. The molecule has 0 aromatic heterocycles. The van der Waals surface area contributed by atoms with Crippen LogP contribution >= 0.6 is 15.9 Å². The van der Waals surface area contributed by atoms with E-state index in [9.17, 15) is 4.79 Å². The number of hydrogen-bond acceptors (Lipinski definition) is 5. The van der Waals surface area contributed by atoms with Gasteiger partial charge in [0.2, 0.25) is 0 Å². The topological polar surface area (TPSA) is 60.0 Å². The number of amides is 1. The first-order valence-corrected chi connectivity index (χ1v) is 9.49. The molecule has 1 aliphatic heterocycles. The van der Waals surface area contributed by atoms with Crippen molar-refractivity contribution in [2.24, 2.45) is 0 Å². The van der Waals surface area contributed by atoms with Crippen molar-refractivity contribution < 1.29 is 19.0 Å². The zero-order valence-electron chi connectivity index (χ0n) is 15.7. The van der Waals surface area contributed by atoms with E-state index in [0.717, 1.165) is 28.8 Å². The number of benzene rings is 2. The zero-order valence-corrected chi connectivity index (χ0v) is 17.3. The number of hydrogen-bond donors (Lipinski definition) is 1. The molecule has 0 unspecified atom stereocenters. The number of carbonyl (C=O) groups is 1. The van der Waals surface area contributed by atoms with Crippen LogP contribution in [0.15, 0.2) is 34.8 Å². The largest absolute Gasteiger partial charge is 0.497 e. The summed E-state index contributed by atoms with van der Waals surface area (Å²) in [6.45, 7) is 4.78. The number of halogens is 1. The Morgan fingerprint density at radius 3 is 2.56 bits per heavy atom. The second-order valence-electron chi connectivity index (χ2n) is 6.24. The Hall–Kier alpha value is -2.25. The third kappa shape index (κ3) is 4.36. The van der Waals surface area contributed by atoms with Gasteiger partial charge in [-0.05, 0) is 36.8 Å². The minimum absolute atomic E-state index is 0.237. The summed E-state index contributed by atoms with van der Waals surface area (Å²) in [6, 6.07) is 9.36. The van der Waals surface area contributed by atoms with Gasteiger partial charge in [0.25, 0.3) is 5.91 Å². The number of anilines is 2. The average molecular weight is 435 g/mol. The van der Waals surface area contributed by atoms with E-state index in [-0.39, 0.29) is 5.91 Å². The Morgan fingerprint density at radius 1 is 1.15 bits per heavy atom. The molecule has 0 aliphatic carbocycles. The van der Waals surface area contributed by atoms with Gasteiger partial charge < -0.3 is 24.4 Å². The van der Waals surface area contributed by atoms with Crippen molar-refractivity contribution in [1.82, 2.24) is 0 Å². The molecule has 2 aromatic carbocycles. The van der Waals surface area contributed by atoms with Crippen LogP contribution in [0, 0.1) is 6.92 Å². The predicted molar refractivity (Wildman–Crippen MR) is 109 cm³/mol. The van der Waals surface area contributed by atoms with Crippen LogP contribution < -0.4 is 19.7 Å². The Labute approximate surface area is 167 Å². The van der Waals surface area contributed by atoms with E-state index in [1.807, 2.05) is 31.2 Å². The molecule has 27 heavy (non-hydrogen) atoms. The van der Waals surface area contributed by atoms with Gasteiger partial charge in [0.1, 0.15) is 11.5 Å². The number of aryl methyl sites for hydroxylation is 1. The molecule has 1 N–H and O–H groups in total. The summed E-state index contributed by atoms with van der Waals surface area (Å²) in [5.41, 5.74) is 3.00. The molecule has 1 amide bonds. The smallest absolute Gasteiger partial charge is 0.259 e. The molecule has 6 nitrogen and oxygen atoms in total. The van der Waals surface area contributed by atoms with Gasteiger partial charge >= 0.3 is 0 Å². The monoisotopic (exact) mass is 434 g/mol. The quantitative estimate of drug-likeness (QED) is 0.773. The van der Waals surface area contributed by atoms with E-state index in [0.29, 0.717) is 36.0 Å². The molecule has 2 aromatic rings. The molecule has 0 bridgehead atoms. The molecule has 1 heterocycles. The number of carbonyl (C=O) groups excluding carboxylic acids is 1. The molecular formula is C20H23BrN2O4. The van der Waals surface area contributed by atoms with E-state index in [4.69, 9.17) is 14.2 Å². The fourth-order valence-corrected chi connectivity index (χ4v) is 3.75. The van der Waals surface area contributed by atoms with Gasteiger partial charge in [0.05, 0.1) is 44.4 Å². The third-order valence-corrected chi connectivity index (χ3v) is 4.95. The van der Waals surface area contributed by atoms with Gasteiger partial charge in [0, 0.05) is 23.6 Å². The van der Waals surface area contributed by atoms with Gasteiger partial charge in [-0.3, -0.25) is 4.79 Å². The highest BCUT2D eigenvalue weighted by molar-refractivity contribution is 9.10. The molecule has 0 saturated carbocycles. The van der Waals surface area contributed by atoms with Crippen molar-refractivity contribution in [3.8, 4) is 11.5 Å². The lowest BCUT2D eigenvalue weighted by Gasteiger charge is -2.30.